The van der Waals surface area contributed by atoms with E-state index in [0.717, 1.165) is 28.8 Å². The average molecular weight is 439 g/mol. The highest BCUT2D eigenvalue weighted by Gasteiger charge is 2.23. The number of aromatic nitrogens is 2. The van der Waals surface area contributed by atoms with Crippen LogP contribution in [0.5, 0.6) is 0 Å². The standard InChI is InChI=1S/C23H26N4O3S/c1-5-17-8-6-7-9-19(17)24-20(28)14-27(4)22(29)16(3)31-23-26-25-21(30-23)18-12-10-15(2)11-13-18/h6-13,16H,5,14H2,1-4H3,(H,24,28). The molecule has 7 nitrogen and oxygen atoms in total. The van der Waals surface area contributed by atoms with Gasteiger partial charge in [-0.05, 0) is 44.0 Å². The van der Waals surface area contributed by atoms with Crippen molar-refractivity contribution >= 4 is 29.3 Å². The minimum atomic E-state index is -0.480. The average Bonchev–Trinajstić information content (AvgIpc) is 3.22. The molecule has 0 aliphatic carbocycles. The molecule has 1 N–H and O–H groups in total. The number of para-hydroxylation sites is 1. The maximum Gasteiger partial charge on any atom is 0.277 e. The van der Waals surface area contributed by atoms with Crippen molar-refractivity contribution in [1.82, 2.24) is 15.1 Å². The predicted octanol–water partition coefficient (Wildman–Crippen LogP) is 4.19. The molecule has 1 aromatic heterocycles. The zero-order valence-corrected chi connectivity index (χ0v) is 18.9. The second-order valence-corrected chi connectivity index (χ2v) is 8.54. The van der Waals surface area contributed by atoms with Crippen molar-refractivity contribution in [3.63, 3.8) is 0 Å². The SMILES string of the molecule is CCc1ccccc1NC(=O)CN(C)C(=O)C(C)Sc1nnc(-c2ccc(C)cc2)o1. The van der Waals surface area contributed by atoms with Gasteiger partial charge < -0.3 is 14.6 Å². The summed E-state index contributed by atoms with van der Waals surface area (Å²) in [6.07, 6.45) is 0.813. The summed E-state index contributed by atoms with van der Waals surface area (Å²) in [4.78, 5) is 26.5. The van der Waals surface area contributed by atoms with Crippen LogP contribution in [0.25, 0.3) is 11.5 Å². The third-order valence-electron chi connectivity index (χ3n) is 4.76. The summed E-state index contributed by atoms with van der Waals surface area (Å²) in [6.45, 7) is 5.75. The van der Waals surface area contributed by atoms with Crippen LogP contribution in [0.15, 0.2) is 58.2 Å². The molecule has 1 atom stereocenters. The van der Waals surface area contributed by atoms with Gasteiger partial charge in [0, 0.05) is 18.3 Å². The molecule has 0 radical (unpaired) electrons. The molecular formula is C23H26N4O3S. The van der Waals surface area contributed by atoms with E-state index in [1.165, 1.54) is 16.7 Å². The number of thioether (sulfide) groups is 1. The molecule has 0 aliphatic rings. The number of likely N-dealkylation sites (N-methyl/N-ethyl adjacent to an activating group) is 1. The minimum Gasteiger partial charge on any atom is -0.411 e. The van der Waals surface area contributed by atoms with Crippen molar-refractivity contribution in [2.24, 2.45) is 0 Å². The Labute approximate surface area is 186 Å². The number of benzene rings is 2. The molecule has 3 aromatic rings. The highest BCUT2D eigenvalue weighted by molar-refractivity contribution is 8.00. The number of amides is 2. The lowest BCUT2D eigenvalue weighted by Gasteiger charge is -2.20. The van der Waals surface area contributed by atoms with E-state index in [0.29, 0.717) is 11.1 Å². The number of carbonyl (C=O) groups excluding carboxylic acids is 2. The number of hydrogen-bond acceptors (Lipinski definition) is 6. The first kappa shape index (κ1) is 22.6. The first-order valence-corrected chi connectivity index (χ1v) is 10.9. The Morgan fingerprint density at radius 2 is 1.84 bits per heavy atom. The normalized spacial score (nSPS) is 11.7. The molecule has 0 saturated heterocycles. The predicted molar refractivity (Wildman–Crippen MR) is 122 cm³/mol. The number of nitrogens with zero attached hydrogens (tertiary/aromatic N) is 3. The smallest absolute Gasteiger partial charge is 0.277 e. The Kier molecular flexibility index (Phi) is 7.46. The summed E-state index contributed by atoms with van der Waals surface area (Å²) in [5.41, 5.74) is 3.79. The second-order valence-electron chi connectivity index (χ2n) is 7.25. The first-order chi connectivity index (χ1) is 14.9. The van der Waals surface area contributed by atoms with Crippen LogP contribution >= 0.6 is 11.8 Å². The molecule has 2 amide bonds. The molecule has 3 rings (SSSR count). The van der Waals surface area contributed by atoms with Crippen LogP contribution in [-0.2, 0) is 16.0 Å². The van der Waals surface area contributed by atoms with Crippen molar-refractivity contribution in [2.45, 2.75) is 37.7 Å². The molecule has 0 bridgehead atoms. The van der Waals surface area contributed by atoms with Gasteiger partial charge in [-0.15, -0.1) is 10.2 Å². The van der Waals surface area contributed by atoms with Crippen molar-refractivity contribution in [3.05, 3.63) is 59.7 Å². The van der Waals surface area contributed by atoms with Gasteiger partial charge in [0.05, 0.1) is 11.8 Å². The van der Waals surface area contributed by atoms with E-state index < -0.39 is 5.25 Å². The van der Waals surface area contributed by atoms with Crippen molar-refractivity contribution < 1.29 is 14.0 Å². The Morgan fingerprint density at radius 3 is 2.55 bits per heavy atom. The second kappa shape index (κ2) is 10.3. The summed E-state index contributed by atoms with van der Waals surface area (Å²) in [6, 6.07) is 15.4. The van der Waals surface area contributed by atoms with E-state index in [1.807, 2.05) is 62.4 Å². The molecule has 0 aliphatic heterocycles. The fraction of sp³-hybridized carbons (Fsp3) is 0.304. The van der Waals surface area contributed by atoms with E-state index in [2.05, 4.69) is 15.5 Å². The van der Waals surface area contributed by atoms with Gasteiger partial charge in [-0.2, -0.15) is 0 Å². The lowest BCUT2D eigenvalue weighted by molar-refractivity contribution is -0.132. The molecule has 2 aromatic carbocycles. The van der Waals surface area contributed by atoms with E-state index in [4.69, 9.17) is 4.42 Å². The largest absolute Gasteiger partial charge is 0.411 e. The van der Waals surface area contributed by atoms with E-state index in [1.54, 1.807) is 14.0 Å². The highest BCUT2D eigenvalue weighted by atomic mass is 32.2. The summed E-state index contributed by atoms with van der Waals surface area (Å²) >= 11 is 1.17. The van der Waals surface area contributed by atoms with Gasteiger partial charge in [0.25, 0.3) is 5.22 Å². The number of hydrogen-bond donors (Lipinski definition) is 1. The molecule has 0 saturated carbocycles. The van der Waals surface area contributed by atoms with Gasteiger partial charge in [0.2, 0.25) is 17.7 Å². The van der Waals surface area contributed by atoms with E-state index in [-0.39, 0.29) is 18.4 Å². The molecular weight excluding hydrogens is 412 g/mol. The molecule has 0 spiro atoms. The van der Waals surface area contributed by atoms with Gasteiger partial charge in [-0.1, -0.05) is 54.6 Å². The molecule has 31 heavy (non-hydrogen) atoms. The third kappa shape index (κ3) is 5.95. The Balaban J connectivity index is 1.55. The van der Waals surface area contributed by atoms with Crippen molar-refractivity contribution in [2.75, 3.05) is 18.9 Å². The Bertz CT molecular complexity index is 1050. The van der Waals surface area contributed by atoms with E-state index >= 15 is 0 Å². The fourth-order valence-electron chi connectivity index (χ4n) is 3.02. The fourth-order valence-corrected chi connectivity index (χ4v) is 3.81. The minimum absolute atomic E-state index is 0.0414. The van der Waals surface area contributed by atoms with Gasteiger partial charge in [0.1, 0.15) is 0 Å². The molecule has 8 heteroatoms. The van der Waals surface area contributed by atoms with Gasteiger partial charge >= 0.3 is 0 Å². The van der Waals surface area contributed by atoms with Crippen molar-refractivity contribution in [1.29, 1.82) is 0 Å². The van der Waals surface area contributed by atoms with Gasteiger partial charge in [-0.3, -0.25) is 9.59 Å². The quantitative estimate of drug-likeness (QED) is 0.531. The van der Waals surface area contributed by atoms with Crippen molar-refractivity contribution in [3.8, 4) is 11.5 Å². The number of aryl methyl sites for hydroxylation is 2. The number of nitrogens with one attached hydrogen (secondary N) is 1. The third-order valence-corrected chi connectivity index (χ3v) is 5.68. The molecule has 0 fully saturated rings. The Hall–Kier alpha value is -3.13. The zero-order valence-electron chi connectivity index (χ0n) is 18.1. The lowest BCUT2D eigenvalue weighted by Crippen LogP contribution is -2.39. The van der Waals surface area contributed by atoms with Gasteiger partial charge in [0.15, 0.2) is 0 Å². The van der Waals surface area contributed by atoms with Crippen LogP contribution in [0.4, 0.5) is 5.69 Å². The maximum absolute atomic E-state index is 12.7. The summed E-state index contributed by atoms with van der Waals surface area (Å²) in [5.74, 6) is -0.0307. The van der Waals surface area contributed by atoms with Crippen LogP contribution in [-0.4, -0.2) is 45.8 Å². The lowest BCUT2D eigenvalue weighted by atomic mass is 10.1. The zero-order chi connectivity index (χ0) is 22.4. The number of rotatable bonds is 8. The number of carbonyl (C=O) groups is 2. The summed E-state index contributed by atoms with van der Waals surface area (Å²) in [5, 5.41) is 10.8. The molecule has 1 heterocycles. The van der Waals surface area contributed by atoms with Crippen LogP contribution in [0.1, 0.15) is 25.0 Å². The topological polar surface area (TPSA) is 88.3 Å². The van der Waals surface area contributed by atoms with Crippen LogP contribution in [0, 0.1) is 6.92 Å². The van der Waals surface area contributed by atoms with Crippen LogP contribution in [0.3, 0.4) is 0 Å². The summed E-state index contributed by atoms with van der Waals surface area (Å²) in [7, 11) is 1.61. The van der Waals surface area contributed by atoms with Crippen LogP contribution in [0.2, 0.25) is 0 Å². The first-order valence-electron chi connectivity index (χ1n) is 10.1. The Morgan fingerprint density at radius 1 is 1.13 bits per heavy atom. The maximum atomic E-state index is 12.7. The molecule has 162 valence electrons. The van der Waals surface area contributed by atoms with Crippen LogP contribution < -0.4 is 5.32 Å². The molecule has 1 unspecified atom stereocenters. The van der Waals surface area contributed by atoms with Gasteiger partial charge in [-0.25, -0.2) is 0 Å². The monoisotopic (exact) mass is 438 g/mol. The summed E-state index contributed by atoms with van der Waals surface area (Å²) < 4.78 is 5.69. The van der Waals surface area contributed by atoms with E-state index in [9.17, 15) is 9.59 Å². The highest BCUT2D eigenvalue weighted by Crippen LogP contribution is 2.27. The number of anilines is 1.